The molecule has 0 amide bonds. The van der Waals surface area contributed by atoms with E-state index in [9.17, 15) is 0 Å². The number of halogens is 1. The third-order valence-corrected chi connectivity index (χ3v) is 3.53. The molecule has 1 fully saturated rings. The third-order valence-electron chi connectivity index (χ3n) is 3.32. The van der Waals surface area contributed by atoms with Gasteiger partial charge in [0.05, 0.1) is 0 Å². The van der Waals surface area contributed by atoms with Gasteiger partial charge in [0, 0.05) is 17.9 Å². The number of nitrogens with zero attached hydrogens (tertiary/aromatic N) is 1. The summed E-state index contributed by atoms with van der Waals surface area (Å²) in [7, 11) is 0. The number of hydrogen-bond donors (Lipinski definition) is 1. The van der Waals surface area contributed by atoms with Gasteiger partial charge in [-0.1, -0.05) is 31.9 Å². The van der Waals surface area contributed by atoms with Crippen LogP contribution in [0.4, 0.5) is 5.69 Å². The second-order valence-electron chi connectivity index (χ2n) is 4.94. The van der Waals surface area contributed by atoms with Crippen LogP contribution in [0.2, 0.25) is 5.15 Å². The van der Waals surface area contributed by atoms with Crippen molar-refractivity contribution in [1.29, 1.82) is 0 Å². The first kappa shape index (κ1) is 10.7. The summed E-state index contributed by atoms with van der Waals surface area (Å²) < 4.78 is 0. The molecule has 0 aliphatic heterocycles. The van der Waals surface area contributed by atoms with Crippen molar-refractivity contribution in [2.45, 2.75) is 39.2 Å². The average Bonchev–Trinajstić information content (AvgIpc) is 2.46. The van der Waals surface area contributed by atoms with Crippen LogP contribution in [0.3, 0.4) is 0 Å². The Bertz CT molecular complexity index is 349. The number of anilines is 1. The van der Waals surface area contributed by atoms with Crippen LogP contribution in [0.5, 0.6) is 0 Å². The molecule has 0 aromatic carbocycles. The summed E-state index contributed by atoms with van der Waals surface area (Å²) in [4.78, 5) is 3.98. The fourth-order valence-corrected chi connectivity index (χ4v) is 2.46. The van der Waals surface area contributed by atoms with Crippen LogP contribution in [0, 0.1) is 5.41 Å². The minimum Gasteiger partial charge on any atom is -0.382 e. The number of pyridine rings is 1. The summed E-state index contributed by atoms with van der Waals surface area (Å²) in [5.41, 5.74) is 1.46. The lowest BCUT2D eigenvalue weighted by atomic mass is 9.87. The highest BCUT2D eigenvalue weighted by Gasteiger charge is 2.34. The highest BCUT2D eigenvalue weighted by atomic mass is 35.5. The van der Waals surface area contributed by atoms with Gasteiger partial charge >= 0.3 is 0 Å². The molecule has 1 N–H and O–H groups in total. The van der Waals surface area contributed by atoms with Gasteiger partial charge in [0.25, 0.3) is 0 Å². The second-order valence-corrected chi connectivity index (χ2v) is 5.33. The van der Waals surface area contributed by atoms with Gasteiger partial charge in [-0.3, -0.25) is 0 Å². The maximum absolute atomic E-state index is 5.85. The van der Waals surface area contributed by atoms with Crippen LogP contribution >= 0.6 is 11.6 Å². The van der Waals surface area contributed by atoms with Crippen LogP contribution in [0.15, 0.2) is 18.3 Å². The Balaban J connectivity index is 2.09. The van der Waals surface area contributed by atoms with Crippen molar-refractivity contribution in [3.63, 3.8) is 0 Å². The van der Waals surface area contributed by atoms with Crippen LogP contribution in [0.25, 0.3) is 0 Å². The zero-order chi connectivity index (χ0) is 10.9. The van der Waals surface area contributed by atoms with Gasteiger partial charge in [0.1, 0.15) is 5.15 Å². The molecule has 1 saturated carbocycles. The third kappa shape index (κ3) is 2.43. The van der Waals surface area contributed by atoms with Crippen molar-refractivity contribution >= 4 is 17.3 Å². The summed E-state index contributed by atoms with van der Waals surface area (Å²) in [5.74, 6) is 0. The van der Waals surface area contributed by atoms with Crippen LogP contribution in [0.1, 0.15) is 33.1 Å². The second kappa shape index (κ2) is 4.01. The highest BCUT2D eigenvalue weighted by Crippen LogP contribution is 2.39. The van der Waals surface area contributed by atoms with Crippen molar-refractivity contribution in [1.82, 2.24) is 4.98 Å². The van der Waals surface area contributed by atoms with Crippen molar-refractivity contribution in [3.05, 3.63) is 23.5 Å². The smallest absolute Gasteiger partial charge is 0.131 e. The first-order valence-corrected chi connectivity index (χ1v) is 5.84. The first-order chi connectivity index (χ1) is 7.08. The molecule has 1 heterocycles. The van der Waals surface area contributed by atoms with Gasteiger partial charge in [-0.05, 0) is 30.4 Å². The average molecular weight is 225 g/mol. The molecule has 0 saturated heterocycles. The Labute approximate surface area is 96.1 Å². The molecular weight excluding hydrogens is 208 g/mol. The summed E-state index contributed by atoms with van der Waals surface area (Å²) in [5, 5.41) is 4.10. The molecule has 2 nitrogen and oxygen atoms in total. The van der Waals surface area contributed by atoms with Gasteiger partial charge in [-0.2, -0.15) is 0 Å². The largest absolute Gasteiger partial charge is 0.382 e. The topological polar surface area (TPSA) is 24.9 Å². The zero-order valence-corrected chi connectivity index (χ0v) is 10.0. The van der Waals surface area contributed by atoms with Crippen molar-refractivity contribution < 1.29 is 0 Å². The number of hydrogen-bond acceptors (Lipinski definition) is 2. The van der Waals surface area contributed by atoms with E-state index in [0.29, 0.717) is 16.6 Å². The molecule has 1 aromatic heterocycles. The van der Waals surface area contributed by atoms with E-state index in [-0.39, 0.29) is 0 Å². The predicted molar refractivity (Wildman–Crippen MR) is 64.3 cm³/mol. The van der Waals surface area contributed by atoms with E-state index >= 15 is 0 Å². The first-order valence-electron chi connectivity index (χ1n) is 5.46. The van der Waals surface area contributed by atoms with Gasteiger partial charge in [-0.25, -0.2) is 4.98 Å². The van der Waals surface area contributed by atoms with Crippen molar-refractivity contribution in [2.75, 3.05) is 5.32 Å². The number of aromatic nitrogens is 1. The van der Waals surface area contributed by atoms with Gasteiger partial charge in [-0.15, -0.1) is 0 Å². The van der Waals surface area contributed by atoms with E-state index in [1.807, 2.05) is 12.1 Å². The fourth-order valence-electron chi connectivity index (χ4n) is 2.29. The lowest BCUT2D eigenvalue weighted by Crippen LogP contribution is -2.30. The normalized spacial score (nSPS) is 24.1. The molecule has 3 heteroatoms. The van der Waals surface area contributed by atoms with Crippen molar-refractivity contribution in [2.24, 2.45) is 5.41 Å². The lowest BCUT2D eigenvalue weighted by molar-refractivity contribution is 0.350. The maximum Gasteiger partial charge on any atom is 0.131 e. The van der Waals surface area contributed by atoms with E-state index in [2.05, 4.69) is 24.1 Å². The summed E-state index contributed by atoms with van der Waals surface area (Å²) in [6.07, 6.45) is 5.59. The zero-order valence-electron chi connectivity index (χ0n) is 9.26. The minimum absolute atomic E-state index is 0.385. The van der Waals surface area contributed by atoms with Gasteiger partial charge < -0.3 is 5.32 Å². The molecule has 0 bridgehead atoms. The molecule has 15 heavy (non-hydrogen) atoms. The molecular formula is C12H17ClN2. The molecule has 1 aliphatic carbocycles. The number of rotatable bonds is 2. The molecule has 2 rings (SSSR count). The maximum atomic E-state index is 5.85. The quantitative estimate of drug-likeness (QED) is 0.775. The molecule has 1 aliphatic rings. The number of nitrogens with one attached hydrogen (secondary N) is 1. The van der Waals surface area contributed by atoms with Crippen LogP contribution < -0.4 is 5.32 Å². The lowest BCUT2D eigenvalue weighted by Gasteiger charge is -2.28. The van der Waals surface area contributed by atoms with E-state index in [4.69, 9.17) is 11.6 Å². The summed E-state index contributed by atoms with van der Waals surface area (Å²) in [6, 6.07) is 4.41. The Morgan fingerprint density at radius 2 is 2.33 bits per heavy atom. The fraction of sp³-hybridized carbons (Fsp3) is 0.583. The van der Waals surface area contributed by atoms with Gasteiger partial charge in [0.2, 0.25) is 0 Å². The van der Waals surface area contributed by atoms with Gasteiger partial charge in [0.15, 0.2) is 0 Å². The Hall–Kier alpha value is -0.760. The predicted octanol–water partition coefficient (Wildman–Crippen LogP) is 3.73. The van der Waals surface area contributed by atoms with E-state index in [1.165, 1.54) is 19.3 Å². The molecule has 82 valence electrons. The van der Waals surface area contributed by atoms with E-state index in [0.717, 1.165) is 5.69 Å². The Morgan fingerprint density at radius 1 is 1.53 bits per heavy atom. The van der Waals surface area contributed by atoms with E-state index < -0.39 is 0 Å². The van der Waals surface area contributed by atoms with Crippen LogP contribution in [-0.4, -0.2) is 11.0 Å². The summed E-state index contributed by atoms with van der Waals surface area (Å²) >= 11 is 5.85. The molecule has 0 spiro atoms. The standard InChI is InChI=1S/C12H17ClN2/c1-12(2)6-3-4-10(12)15-9-5-7-14-11(13)8-9/h5,7-8,10H,3-4,6H2,1-2H3,(H,14,15). The summed E-state index contributed by atoms with van der Waals surface area (Å²) in [6.45, 7) is 4.64. The molecule has 0 radical (unpaired) electrons. The minimum atomic E-state index is 0.385. The highest BCUT2D eigenvalue weighted by molar-refractivity contribution is 6.29. The SMILES string of the molecule is CC1(C)CCCC1Nc1ccnc(Cl)c1. The molecule has 1 aromatic rings. The monoisotopic (exact) mass is 224 g/mol. The van der Waals surface area contributed by atoms with Crippen LogP contribution in [-0.2, 0) is 0 Å². The molecule has 1 unspecified atom stereocenters. The van der Waals surface area contributed by atoms with Crippen molar-refractivity contribution in [3.8, 4) is 0 Å². The van der Waals surface area contributed by atoms with E-state index in [1.54, 1.807) is 6.20 Å². The Kier molecular flexibility index (Phi) is 2.87. The Morgan fingerprint density at radius 3 is 2.93 bits per heavy atom. The molecule has 1 atom stereocenters.